The summed E-state index contributed by atoms with van der Waals surface area (Å²) in [6, 6.07) is 6.80. The number of fused-ring (bicyclic) bond motifs is 2. The quantitative estimate of drug-likeness (QED) is 0.764. The van der Waals surface area contributed by atoms with Gasteiger partial charge in [-0.25, -0.2) is 0 Å². The van der Waals surface area contributed by atoms with Crippen molar-refractivity contribution in [1.82, 2.24) is 4.90 Å². The van der Waals surface area contributed by atoms with Crippen molar-refractivity contribution >= 4 is 27.5 Å². The molecule has 3 rings (SSSR count). The number of likely N-dealkylation sites (N-methyl/N-ethyl adjacent to an activating group) is 1. The lowest BCUT2D eigenvalue weighted by molar-refractivity contribution is 0.0751. The lowest BCUT2D eigenvalue weighted by Gasteiger charge is -2.36. The molecular weight excluding hydrogens is 314 g/mol. The first-order chi connectivity index (χ1) is 8.63. The molecule has 2 heterocycles. The van der Waals surface area contributed by atoms with Crippen LogP contribution in [0.2, 0.25) is 5.02 Å². The molecule has 1 aromatic rings. The Morgan fingerprint density at radius 2 is 1.94 bits per heavy atom. The summed E-state index contributed by atoms with van der Waals surface area (Å²) in [5.74, 6) is 0.889. The van der Waals surface area contributed by atoms with Crippen molar-refractivity contribution < 1.29 is 4.74 Å². The van der Waals surface area contributed by atoms with Gasteiger partial charge in [-0.1, -0.05) is 23.8 Å². The summed E-state index contributed by atoms with van der Waals surface area (Å²) in [7, 11) is 2.18. The number of piperidine rings is 1. The Morgan fingerprint density at radius 1 is 1.28 bits per heavy atom. The first-order valence-corrected chi connectivity index (χ1v) is 7.32. The van der Waals surface area contributed by atoms with E-state index in [1.165, 1.54) is 0 Å². The van der Waals surface area contributed by atoms with Crippen molar-refractivity contribution in [2.45, 2.75) is 31.0 Å². The van der Waals surface area contributed by atoms with Crippen LogP contribution >= 0.6 is 27.5 Å². The van der Waals surface area contributed by atoms with E-state index in [2.05, 4.69) is 40.0 Å². The van der Waals surface area contributed by atoms with Gasteiger partial charge in [-0.15, -0.1) is 0 Å². The summed E-state index contributed by atoms with van der Waals surface area (Å²) in [6.07, 6.45) is 7.00. The second kappa shape index (κ2) is 4.87. The maximum atomic E-state index is 6.06. The molecule has 0 spiro atoms. The molecule has 1 saturated heterocycles. The molecule has 2 bridgehead atoms. The lowest BCUT2D eigenvalue weighted by atomic mass is 9.99. The fraction of sp³-hybridized carbons (Fsp3) is 0.429. The molecule has 96 valence electrons. The van der Waals surface area contributed by atoms with Crippen molar-refractivity contribution in [2.24, 2.45) is 0 Å². The van der Waals surface area contributed by atoms with E-state index in [1.54, 1.807) is 0 Å². The van der Waals surface area contributed by atoms with Crippen LogP contribution in [0.25, 0.3) is 0 Å². The van der Waals surface area contributed by atoms with Gasteiger partial charge in [0.05, 0.1) is 5.02 Å². The van der Waals surface area contributed by atoms with Crippen LogP contribution in [0.1, 0.15) is 12.8 Å². The highest BCUT2D eigenvalue weighted by molar-refractivity contribution is 9.10. The van der Waals surface area contributed by atoms with E-state index in [0.717, 1.165) is 23.1 Å². The van der Waals surface area contributed by atoms with Crippen LogP contribution in [-0.2, 0) is 0 Å². The third-order valence-corrected chi connectivity index (χ3v) is 5.02. The highest BCUT2D eigenvalue weighted by atomic mass is 79.9. The van der Waals surface area contributed by atoms with Crippen molar-refractivity contribution in [3.8, 4) is 5.75 Å². The normalized spacial score (nSPS) is 30.7. The Hall–Kier alpha value is -0.510. The number of hydrogen-bond donors (Lipinski definition) is 0. The molecule has 0 aliphatic carbocycles. The zero-order valence-electron chi connectivity index (χ0n) is 10.1. The maximum Gasteiger partial charge on any atom is 0.120 e. The summed E-state index contributed by atoms with van der Waals surface area (Å²) in [5, 5.41) is 0.715. The first-order valence-electron chi connectivity index (χ1n) is 6.15. The molecule has 1 fully saturated rings. The highest BCUT2D eigenvalue weighted by Crippen LogP contribution is 2.33. The molecule has 0 aromatic heterocycles. The van der Waals surface area contributed by atoms with E-state index in [1.807, 2.05) is 18.2 Å². The van der Waals surface area contributed by atoms with Gasteiger partial charge in [0.25, 0.3) is 0 Å². The zero-order chi connectivity index (χ0) is 12.7. The molecule has 0 saturated carbocycles. The summed E-state index contributed by atoms with van der Waals surface area (Å²) in [6.45, 7) is 0. The van der Waals surface area contributed by atoms with Crippen LogP contribution in [0.5, 0.6) is 5.75 Å². The van der Waals surface area contributed by atoms with Crippen LogP contribution in [-0.4, -0.2) is 30.1 Å². The number of benzene rings is 1. The van der Waals surface area contributed by atoms with Crippen LogP contribution in [0, 0.1) is 0 Å². The number of hydrogen-bond acceptors (Lipinski definition) is 2. The summed E-state index contributed by atoms with van der Waals surface area (Å²) >= 11 is 9.40. The van der Waals surface area contributed by atoms with Gasteiger partial charge in [-0.2, -0.15) is 0 Å². The van der Waals surface area contributed by atoms with Gasteiger partial charge in [0.1, 0.15) is 11.9 Å². The number of halogens is 2. The summed E-state index contributed by atoms with van der Waals surface area (Å²) < 4.78 is 6.95. The van der Waals surface area contributed by atoms with Gasteiger partial charge in [0.2, 0.25) is 0 Å². The molecule has 0 amide bonds. The summed E-state index contributed by atoms with van der Waals surface area (Å²) in [5.41, 5.74) is 0. The van der Waals surface area contributed by atoms with E-state index in [0.29, 0.717) is 23.2 Å². The molecule has 3 atom stereocenters. The Kier molecular flexibility index (Phi) is 3.39. The third kappa shape index (κ3) is 2.31. The molecule has 2 nitrogen and oxygen atoms in total. The van der Waals surface area contributed by atoms with Gasteiger partial charge < -0.3 is 4.74 Å². The topological polar surface area (TPSA) is 12.5 Å². The standard InChI is InChI=1S/C14H15BrClNO/c1-17-9-2-3-10(17)7-12(6-9)18-11-4-5-14(16)13(15)8-11/h2-5,8-10,12H,6-7H2,1H3/t9-,10+,12-. The minimum absolute atomic E-state index is 0.291. The minimum atomic E-state index is 0.291. The van der Waals surface area contributed by atoms with Gasteiger partial charge >= 0.3 is 0 Å². The monoisotopic (exact) mass is 327 g/mol. The molecule has 2 aliphatic rings. The second-order valence-corrected chi connectivity index (χ2v) is 6.23. The molecule has 0 unspecified atom stereocenters. The van der Waals surface area contributed by atoms with Gasteiger partial charge in [0, 0.05) is 29.4 Å². The lowest BCUT2D eigenvalue weighted by Crippen LogP contribution is -2.44. The van der Waals surface area contributed by atoms with Crippen LogP contribution in [0.15, 0.2) is 34.8 Å². The predicted molar refractivity (Wildman–Crippen MR) is 77.3 cm³/mol. The number of nitrogens with zero attached hydrogens (tertiary/aromatic N) is 1. The minimum Gasteiger partial charge on any atom is -0.490 e. The van der Waals surface area contributed by atoms with Crippen molar-refractivity contribution in [2.75, 3.05) is 7.05 Å². The Morgan fingerprint density at radius 3 is 2.56 bits per heavy atom. The number of rotatable bonds is 2. The third-order valence-electron chi connectivity index (χ3n) is 3.80. The average molecular weight is 329 g/mol. The van der Waals surface area contributed by atoms with Gasteiger partial charge in [-0.3, -0.25) is 4.90 Å². The fourth-order valence-electron chi connectivity index (χ4n) is 2.74. The summed E-state index contributed by atoms with van der Waals surface area (Å²) in [4.78, 5) is 2.41. The molecule has 18 heavy (non-hydrogen) atoms. The number of ether oxygens (including phenoxy) is 1. The van der Waals surface area contributed by atoms with Crippen LogP contribution in [0.3, 0.4) is 0 Å². The molecule has 1 aromatic carbocycles. The molecular formula is C14H15BrClNO. The maximum absolute atomic E-state index is 6.06. The smallest absolute Gasteiger partial charge is 0.120 e. The van der Waals surface area contributed by atoms with E-state index >= 15 is 0 Å². The van der Waals surface area contributed by atoms with Crippen molar-refractivity contribution in [3.63, 3.8) is 0 Å². The SMILES string of the molecule is CN1[C@@H]2C=C[C@H]1C[C@H](Oc1ccc(Cl)c(Br)c1)C2. The van der Waals surface area contributed by atoms with Crippen LogP contribution in [0.4, 0.5) is 0 Å². The van der Waals surface area contributed by atoms with Gasteiger partial charge in [-0.05, 0) is 41.2 Å². The fourth-order valence-corrected chi connectivity index (χ4v) is 3.21. The molecule has 2 aliphatic heterocycles. The van der Waals surface area contributed by atoms with Crippen LogP contribution < -0.4 is 4.74 Å². The molecule has 4 heteroatoms. The largest absolute Gasteiger partial charge is 0.490 e. The first kappa shape index (κ1) is 12.5. The second-order valence-electron chi connectivity index (χ2n) is 4.97. The Bertz CT molecular complexity index is 475. The van der Waals surface area contributed by atoms with E-state index < -0.39 is 0 Å². The Labute approximate surface area is 121 Å². The zero-order valence-corrected chi connectivity index (χ0v) is 12.5. The molecule has 0 N–H and O–H groups in total. The van der Waals surface area contributed by atoms with E-state index in [4.69, 9.17) is 16.3 Å². The highest BCUT2D eigenvalue weighted by Gasteiger charge is 2.35. The van der Waals surface area contributed by atoms with E-state index in [-0.39, 0.29) is 0 Å². The van der Waals surface area contributed by atoms with Crippen molar-refractivity contribution in [3.05, 3.63) is 39.8 Å². The van der Waals surface area contributed by atoms with Crippen molar-refractivity contribution in [1.29, 1.82) is 0 Å². The Balaban J connectivity index is 1.69. The van der Waals surface area contributed by atoms with E-state index in [9.17, 15) is 0 Å². The van der Waals surface area contributed by atoms with Gasteiger partial charge in [0.15, 0.2) is 0 Å². The average Bonchev–Trinajstić information content (AvgIpc) is 2.58. The predicted octanol–water partition coefficient (Wildman–Crippen LogP) is 3.88. The molecule has 0 radical (unpaired) electrons.